The summed E-state index contributed by atoms with van der Waals surface area (Å²) in [4.78, 5) is 0. The van der Waals surface area contributed by atoms with Gasteiger partial charge in [-0.15, -0.1) is 0 Å². The molecule has 0 heterocycles. The van der Waals surface area contributed by atoms with Gasteiger partial charge >= 0.3 is 0 Å². The van der Waals surface area contributed by atoms with Crippen LogP contribution in [0.4, 0.5) is 8.78 Å². The summed E-state index contributed by atoms with van der Waals surface area (Å²) in [6.07, 6.45) is 0. The zero-order valence-corrected chi connectivity index (χ0v) is 9.30. The van der Waals surface area contributed by atoms with Gasteiger partial charge in [0.1, 0.15) is 11.6 Å². The maximum absolute atomic E-state index is 13.0. The normalized spacial score (nSPS) is 15.4. The third-order valence-corrected chi connectivity index (χ3v) is 2.89. The van der Waals surface area contributed by atoms with Gasteiger partial charge in [0.2, 0.25) is 0 Å². The van der Waals surface area contributed by atoms with Crippen molar-refractivity contribution >= 4 is 0 Å². The molecule has 1 nitrogen and oxygen atoms in total. The second-order valence-corrected chi connectivity index (χ2v) is 4.33. The SMILES string of the molecule is CC(C)C(C)C(N)c1cc(F)cc(F)c1. The van der Waals surface area contributed by atoms with Crippen LogP contribution in [0.1, 0.15) is 32.4 Å². The van der Waals surface area contributed by atoms with E-state index in [1.807, 2.05) is 20.8 Å². The number of hydrogen-bond acceptors (Lipinski definition) is 1. The highest BCUT2D eigenvalue weighted by Crippen LogP contribution is 2.26. The Bertz CT molecular complexity index is 316. The van der Waals surface area contributed by atoms with Crippen molar-refractivity contribution in [1.29, 1.82) is 0 Å². The third-order valence-electron chi connectivity index (χ3n) is 2.89. The van der Waals surface area contributed by atoms with Crippen molar-refractivity contribution in [2.45, 2.75) is 26.8 Å². The van der Waals surface area contributed by atoms with Crippen molar-refractivity contribution in [1.82, 2.24) is 0 Å². The molecule has 1 aromatic carbocycles. The average molecular weight is 213 g/mol. The number of benzene rings is 1. The molecule has 2 unspecified atom stereocenters. The summed E-state index contributed by atoms with van der Waals surface area (Å²) in [7, 11) is 0. The Hall–Kier alpha value is -0.960. The molecule has 84 valence electrons. The number of halogens is 2. The Morgan fingerprint density at radius 2 is 1.47 bits per heavy atom. The van der Waals surface area contributed by atoms with Crippen molar-refractivity contribution < 1.29 is 8.78 Å². The van der Waals surface area contributed by atoms with Crippen molar-refractivity contribution in [2.24, 2.45) is 17.6 Å². The van der Waals surface area contributed by atoms with Gasteiger partial charge in [-0.2, -0.15) is 0 Å². The molecule has 0 aliphatic rings. The fourth-order valence-corrected chi connectivity index (χ4v) is 1.49. The highest BCUT2D eigenvalue weighted by molar-refractivity contribution is 5.21. The molecule has 0 amide bonds. The molecule has 0 aliphatic carbocycles. The van der Waals surface area contributed by atoms with Gasteiger partial charge in [-0.05, 0) is 29.5 Å². The molecule has 15 heavy (non-hydrogen) atoms. The lowest BCUT2D eigenvalue weighted by Gasteiger charge is -2.23. The van der Waals surface area contributed by atoms with E-state index in [0.717, 1.165) is 6.07 Å². The van der Waals surface area contributed by atoms with Crippen LogP contribution in [-0.2, 0) is 0 Å². The first-order valence-electron chi connectivity index (χ1n) is 5.13. The number of rotatable bonds is 3. The van der Waals surface area contributed by atoms with Crippen LogP contribution in [0.5, 0.6) is 0 Å². The van der Waals surface area contributed by atoms with Gasteiger partial charge in [0.25, 0.3) is 0 Å². The fraction of sp³-hybridized carbons (Fsp3) is 0.500. The minimum absolute atomic E-state index is 0.186. The van der Waals surface area contributed by atoms with Crippen LogP contribution in [-0.4, -0.2) is 0 Å². The molecule has 2 atom stereocenters. The maximum Gasteiger partial charge on any atom is 0.126 e. The van der Waals surface area contributed by atoms with Crippen LogP contribution < -0.4 is 5.73 Å². The van der Waals surface area contributed by atoms with Crippen molar-refractivity contribution in [3.8, 4) is 0 Å². The van der Waals surface area contributed by atoms with Gasteiger partial charge in [0, 0.05) is 12.1 Å². The van der Waals surface area contributed by atoms with E-state index < -0.39 is 11.6 Å². The average Bonchev–Trinajstić information content (AvgIpc) is 2.13. The Kier molecular flexibility index (Phi) is 3.80. The summed E-state index contributed by atoms with van der Waals surface area (Å²) in [5.41, 5.74) is 6.47. The van der Waals surface area contributed by atoms with Crippen LogP contribution in [0, 0.1) is 23.5 Å². The molecule has 2 N–H and O–H groups in total. The molecule has 0 saturated heterocycles. The summed E-state index contributed by atoms with van der Waals surface area (Å²) in [5, 5.41) is 0. The van der Waals surface area contributed by atoms with Gasteiger partial charge in [-0.25, -0.2) is 8.78 Å². The number of hydrogen-bond donors (Lipinski definition) is 1. The van der Waals surface area contributed by atoms with E-state index in [0.29, 0.717) is 11.5 Å². The number of nitrogens with two attached hydrogens (primary N) is 1. The highest BCUT2D eigenvalue weighted by atomic mass is 19.1. The van der Waals surface area contributed by atoms with Gasteiger partial charge in [0.15, 0.2) is 0 Å². The van der Waals surface area contributed by atoms with Crippen LogP contribution in [0.2, 0.25) is 0 Å². The molecule has 0 spiro atoms. The minimum atomic E-state index is -0.573. The maximum atomic E-state index is 13.0. The highest BCUT2D eigenvalue weighted by Gasteiger charge is 2.19. The van der Waals surface area contributed by atoms with Crippen LogP contribution in [0.3, 0.4) is 0 Å². The first kappa shape index (κ1) is 12.1. The molecule has 0 aromatic heterocycles. The molecule has 3 heteroatoms. The fourth-order valence-electron chi connectivity index (χ4n) is 1.49. The van der Waals surface area contributed by atoms with E-state index in [9.17, 15) is 8.78 Å². The van der Waals surface area contributed by atoms with Gasteiger partial charge in [-0.1, -0.05) is 20.8 Å². The van der Waals surface area contributed by atoms with E-state index in [-0.39, 0.29) is 12.0 Å². The summed E-state index contributed by atoms with van der Waals surface area (Å²) in [6, 6.07) is 3.13. The molecule has 0 fully saturated rings. The van der Waals surface area contributed by atoms with E-state index in [4.69, 9.17) is 5.73 Å². The first-order valence-corrected chi connectivity index (χ1v) is 5.13. The monoisotopic (exact) mass is 213 g/mol. The second-order valence-electron chi connectivity index (χ2n) is 4.33. The third kappa shape index (κ3) is 2.99. The standard InChI is InChI=1S/C12H17F2N/c1-7(2)8(3)12(15)9-4-10(13)6-11(14)5-9/h4-8,12H,15H2,1-3H3. The quantitative estimate of drug-likeness (QED) is 0.819. The molecule has 1 rings (SSSR count). The van der Waals surface area contributed by atoms with Crippen molar-refractivity contribution in [2.75, 3.05) is 0 Å². The lowest BCUT2D eigenvalue weighted by molar-refractivity contribution is 0.350. The van der Waals surface area contributed by atoms with E-state index in [1.165, 1.54) is 12.1 Å². The first-order chi connectivity index (χ1) is 6.91. The van der Waals surface area contributed by atoms with Crippen LogP contribution >= 0.6 is 0 Å². The van der Waals surface area contributed by atoms with E-state index in [1.54, 1.807) is 0 Å². The molecular weight excluding hydrogens is 196 g/mol. The zero-order chi connectivity index (χ0) is 11.6. The summed E-state index contributed by atoms with van der Waals surface area (Å²) in [6.45, 7) is 6.07. The molecule has 0 saturated carbocycles. The zero-order valence-electron chi connectivity index (χ0n) is 9.30. The second kappa shape index (κ2) is 4.71. The van der Waals surface area contributed by atoms with Gasteiger partial charge < -0.3 is 5.73 Å². The molecule has 1 aromatic rings. The molecule has 0 radical (unpaired) electrons. The summed E-state index contributed by atoms with van der Waals surface area (Å²) >= 11 is 0. The van der Waals surface area contributed by atoms with Gasteiger partial charge in [-0.3, -0.25) is 0 Å². The Labute approximate surface area is 89.3 Å². The summed E-state index contributed by atoms with van der Waals surface area (Å²) in [5.74, 6) is -0.578. The predicted octanol–water partition coefficient (Wildman–Crippen LogP) is 3.26. The van der Waals surface area contributed by atoms with Crippen LogP contribution in [0.25, 0.3) is 0 Å². The van der Waals surface area contributed by atoms with E-state index in [2.05, 4.69) is 0 Å². The topological polar surface area (TPSA) is 26.0 Å². The Morgan fingerprint density at radius 1 is 1.00 bits per heavy atom. The molecule has 0 bridgehead atoms. The Morgan fingerprint density at radius 3 is 1.87 bits per heavy atom. The van der Waals surface area contributed by atoms with Crippen molar-refractivity contribution in [3.63, 3.8) is 0 Å². The smallest absolute Gasteiger partial charge is 0.126 e. The van der Waals surface area contributed by atoms with E-state index >= 15 is 0 Å². The predicted molar refractivity (Wildman–Crippen MR) is 57.3 cm³/mol. The van der Waals surface area contributed by atoms with Gasteiger partial charge in [0.05, 0.1) is 0 Å². The lowest BCUT2D eigenvalue weighted by atomic mass is 9.87. The van der Waals surface area contributed by atoms with Crippen LogP contribution in [0.15, 0.2) is 18.2 Å². The minimum Gasteiger partial charge on any atom is -0.324 e. The summed E-state index contributed by atoms with van der Waals surface area (Å²) < 4.78 is 25.9. The molecule has 0 aliphatic heterocycles. The van der Waals surface area contributed by atoms with Crippen molar-refractivity contribution in [3.05, 3.63) is 35.4 Å². The largest absolute Gasteiger partial charge is 0.324 e. The molecular formula is C12H17F2N. The Balaban J connectivity index is 2.95. The lowest BCUT2D eigenvalue weighted by Crippen LogP contribution is -2.23.